The van der Waals surface area contributed by atoms with E-state index in [1.54, 1.807) is 36.5 Å². The highest BCUT2D eigenvalue weighted by Gasteiger charge is 2.13. The molecule has 0 aliphatic rings. The second-order valence-electron chi connectivity index (χ2n) is 5.16. The molecule has 0 aliphatic carbocycles. The molecule has 0 saturated heterocycles. The Morgan fingerprint density at radius 3 is 2.79 bits per heavy atom. The van der Waals surface area contributed by atoms with Gasteiger partial charge < -0.3 is 10.5 Å². The maximum absolute atomic E-state index is 10.9. The van der Waals surface area contributed by atoms with Crippen LogP contribution in [-0.4, -0.2) is 28.7 Å². The van der Waals surface area contributed by atoms with Gasteiger partial charge >= 0.3 is 0 Å². The quantitative estimate of drug-likeness (QED) is 0.395. The molecule has 0 bridgehead atoms. The molecule has 3 aromatic rings. The number of thioether (sulfide) groups is 1. The largest absolute Gasteiger partial charge is 0.497 e. The summed E-state index contributed by atoms with van der Waals surface area (Å²) in [7, 11) is 1.66. The Balaban J connectivity index is 1.89. The van der Waals surface area contributed by atoms with Crippen LogP contribution in [0.25, 0.3) is 21.3 Å². The minimum Gasteiger partial charge on any atom is -0.497 e. The number of hydrogen-bond acceptors (Lipinski definition) is 6. The van der Waals surface area contributed by atoms with Gasteiger partial charge in [0.05, 0.1) is 12.5 Å². The summed E-state index contributed by atoms with van der Waals surface area (Å²) in [4.78, 5) is 20.6. The van der Waals surface area contributed by atoms with Crippen molar-refractivity contribution in [2.45, 2.75) is 17.9 Å². The molecule has 2 aromatic heterocycles. The molecule has 124 valence electrons. The van der Waals surface area contributed by atoms with E-state index < -0.39 is 0 Å². The van der Waals surface area contributed by atoms with Crippen molar-refractivity contribution >= 4 is 39.2 Å². The van der Waals surface area contributed by atoms with Crippen LogP contribution in [0.4, 0.5) is 0 Å². The second kappa shape index (κ2) is 7.63. The first-order chi connectivity index (χ1) is 11.7. The number of methoxy groups -OCH3 is 1. The number of hydrogen-bond donors (Lipinski definition) is 1. The van der Waals surface area contributed by atoms with Gasteiger partial charge in [-0.3, -0.25) is 4.79 Å². The zero-order valence-electron chi connectivity index (χ0n) is 13.2. The molecule has 0 aliphatic heterocycles. The summed E-state index contributed by atoms with van der Waals surface area (Å²) in [5, 5.41) is 4.11. The third-order valence-electron chi connectivity index (χ3n) is 3.54. The fraction of sp³-hybridized carbons (Fsp3) is 0.235. The number of aromatic nitrogens is 2. The van der Waals surface area contributed by atoms with Gasteiger partial charge in [-0.2, -0.15) is 0 Å². The van der Waals surface area contributed by atoms with Crippen LogP contribution < -0.4 is 10.5 Å². The van der Waals surface area contributed by atoms with Crippen molar-refractivity contribution in [3.63, 3.8) is 0 Å². The molecule has 0 radical (unpaired) electrons. The van der Waals surface area contributed by atoms with Crippen LogP contribution in [0.2, 0.25) is 0 Å². The highest BCUT2D eigenvalue weighted by atomic mass is 32.2. The lowest BCUT2D eigenvalue weighted by molar-refractivity contribution is -0.118. The minimum absolute atomic E-state index is 0.266. The molecule has 0 atom stereocenters. The van der Waals surface area contributed by atoms with Gasteiger partial charge in [-0.25, -0.2) is 9.97 Å². The zero-order valence-corrected chi connectivity index (χ0v) is 14.8. The summed E-state index contributed by atoms with van der Waals surface area (Å²) in [5.74, 6) is 1.36. The van der Waals surface area contributed by atoms with Gasteiger partial charge in [0.2, 0.25) is 5.91 Å². The molecular formula is C17H17N3O2S2. The van der Waals surface area contributed by atoms with E-state index in [2.05, 4.69) is 15.3 Å². The maximum Gasteiger partial charge on any atom is 0.217 e. The van der Waals surface area contributed by atoms with Crippen molar-refractivity contribution in [3.05, 3.63) is 36.0 Å². The summed E-state index contributed by atoms with van der Waals surface area (Å²) < 4.78 is 5.22. The van der Waals surface area contributed by atoms with Crippen molar-refractivity contribution < 1.29 is 9.53 Å². The van der Waals surface area contributed by atoms with Gasteiger partial charge in [0.15, 0.2) is 0 Å². The summed E-state index contributed by atoms with van der Waals surface area (Å²) in [5.41, 5.74) is 7.42. The first-order valence-corrected chi connectivity index (χ1v) is 9.33. The molecule has 7 heteroatoms. The molecule has 24 heavy (non-hydrogen) atoms. The number of thiophene rings is 1. The Kier molecular flexibility index (Phi) is 5.32. The van der Waals surface area contributed by atoms with Crippen LogP contribution in [0.1, 0.15) is 12.8 Å². The summed E-state index contributed by atoms with van der Waals surface area (Å²) >= 11 is 3.24. The number of fused-ring (bicyclic) bond motifs is 1. The Bertz CT molecular complexity index is 847. The molecule has 0 unspecified atom stereocenters. The highest BCUT2D eigenvalue weighted by molar-refractivity contribution is 7.99. The molecule has 0 fully saturated rings. The van der Waals surface area contributed by atoms with Crippen molar-refractivity contribution in [2.75, 3.05) is 12.9 Å². The number of carbonyl (C=O) groups is 1. The van der Waals surface area contributed by atoms with Crippen LogP contribution in [-0.2, 0) is 4.79 Å². The van der Waals surface area contributed by atoms with Crippen molar-refractivity contribution in [2.24, 2.45) is 5.73 Å². The number of nitrogens with two attached hydrogens (primary N) is 1. The molecule has 2 N–H and O–H groups in total. The number of ether oxygens (including phenoxy) is 1. The third kappa shape index (κ3) is 3.68. The molecule has 0 spiro atoms. The van der Waals surface area contributed by atoms with Gasteiger partial charge in [-0.15, -0.1) is 23.1 Å². The SMILES string of the molecule is COc1ccc(-c2csc3ncnc(SCCCC(N)=O)c23)cc1. The first-order valence-electron chi connectivity index (χ1n) is 7.47. The smallest absolute Gasteiger partial charge is 0.217 e. The predicted octanol–water partition coefficient (Wildman–Crippen LogP) is 3.72. The van der Waals surface area contributed by atoms with E-state index in [0.29, 0.717) is 6.42 Å². The van der Waals surface area contributed by atoms with E-state index >= 15 is 0 Å². The van der Waals surface area contributed by atoms with E-state index in [0.717, 1.165) is 44.3 Å². The first kappa shape index (κ1) is 16.7. The average Bonchev–Trinajstić information content (AvgIpc) is 3.03. The number of amides is 1. The van der Waals surface area contributed by atoms with Gasteiger partial charge in [0.25, 0.3) is 0 Å². The summed E-state index contributed by atoms with van der Waals surface area (Å²) in [6, 6.07) is 7.97. The molecule has 0 saturated carbocycles. The molecule has 1 amide bonds. The fourth-order valence-electron chi connectivity index (χ4n) is 2.36. The maximum atomic E-state index is 10.9. The topological polar surface area (TPSA) is 78.1 Å². The number of primary amides is 1. The standard InChI is InChI=1S/C17H17N3O2S2/c1-22-12-6-4-11(5-7-12)13-9-24-17-15(13)16(19-10-20-17)23-8-2-3-14(18)21/h4-7,9-10H,2-3,8H2,1H3,(H2,18,21). The molecule has 3 rings (SSSR count). The van der Waals surface area contributed by atoms with E-state index in [4.69, 9.17) is 10.5 Å². The Morgan fingerprint density at radius 1 is 1.29 bits per heavy atom. The lowest BCUT2D eigenvalue weighted by atomic mass is 10.1. The Labute approximate surface area is 148 Å². The molecule has 5 nitrogen and oxygen atoms in total. The Hall–Kier alpha value is -2.12. The van der Waals surface area contributed by atoms with Gasteiger partial charge in [-0.05, 0) is 24.1 Å². The minimum atomic E-state index is -0.266. The van der Waals surface area contributed by atoms with Crippen molar-refractivity contribution in [1.29, 1.82) is 0 Å². The average molecular weight is 359 g/mol. The summed E-state index contributed by atoms with van der Waals surface area (Å²) in [6.07, 6.45) is 2.73. The second-order valence-corrected chi connectivity index (χ2v) is 7.10. The fourth-order valence-corrected chi connectivity index (χ4v) is 4.29. The monoisotopic (exact) mass is 359 g/mol. The van der Waals surface area contributed by atoms with Crippen LogP contribution in [0.15, 0.2) is 41.0 Å². The van der Waals surface area contributed by atoms with E-state index in [9.17, 15) is 4.79 Å². The van der Waals surface area contributed by atoms with E-state index in [-0.39, 0.29) is 5.91 Å². The molecule has 1 aromatic carbocycles. The third-order valence-corrected chi connectivity index (χ3v) is 5.50. The lowest BCUT2D eigenvalue weighted by Crippen LogP contribution is -2.09. The lowest BCUT2D eigenvalue weighted by Gasteiger charge is -2.06. The highest BCUT2D eigenvalue weighted by Crippen LogP contribution is 2.38. The Morgan fingerprint density at radius 2 is 2.08 bits per heavy atom. The van der Waals surface area contributed by atoms with Crippen molar-refractivity contribution in [1.82, 2.24) is 9.97 Å². The number of nitrogens with zero attached hydrogens (tertiary/aromatic N) is 2. The van der Waals surface area contributed by atoms with Crippen LogP contribution >= 0.6 is 23.1 Å². The van der Waals surface area contributed by atoms with Crippen molar-refractivity contribution in [3.8, 4) is 16.9 Å². The number of carbonyl (C=O) groups excluding carboxylic acids is 1. The zero-order chi connectivity index (χ0) is 16.9. The van der Waals surface area contributed by atoms with E-state index in [1.807, 2.05) is 24.3 Å². The summed E-state index contributed by atoms with van der Waals surface area (Å²) in [6.45, 7) is 0. The van der Waals surface area contributed by atoms with Crippen LogP contribution in [0.3, 0.4) is 0 Å². The van der Waals surface area contributed by atoms with Crippen LogP contribution in [0.5, 0.6) is 5.75 Å². The van der Waals surface area contributed by atoms with E-state index in [1.165, 1.54) is 0 Å². The number of rotatable bonds is 7. The van der Waals surface area contributed by atoms with Crippen LogP contribution in [0, 0.1) is 0 Å². The number of benzene rings is 1. The predicted molar refractivity (Wildman–Crippen MR) is 98.6 cm³/mol. The van der Waals surface area contributed by atoms with Gasteiger partial charge in [0.1, 0.15) is 21.9 Å². The molecule has 2 heterocycles. The van der Waals surface area contributed by atoms with Gasteiger partial charge in [0, 0.05) is 23.1 Å². The molecular weight excluding hydrogens is 342 g/mol. The normalized spacial score (nSPS) is 10.9. The van der Waals surface area contributed by atoms with Gasteiger partial charge in [-0.1, -0.05) is 12.1 Å².